The molecule has 1 rings (SSSR count). The van der Waals surface area contributed by atoms with Gasteiger partial charge < -0.3 is 4.74 Å². The predicted octanol–water partition coefficient (Wildman–Crippen LogP) is 0.185. The van der Waals surface area contributed by atoms with Gasteiger partial charge in [0.1, 0.15) is 0 Å². The number of nitrogens with zero attached hydrogens (tertiary/aromatic N) is 2. The number of rotatable bonds is 2. The second-order valence-corrected chi connectivity index (χ2v) is 4.52. The minimum Gasteiger partial charge on any atom is -0.468 e. The molecule has 0 N–H and O–H groups in total. The summed E-state index contributed by atoms with van der Waals surface area (Å²) in [5.41, 5.74) is 0.145. The van der Waals surface area contributed by atoms with Gasteiger partial charge in [-0.1, -0.05) is 0 Å². The van der Waals surface area contributed by atoms with Gasteiger partial charge in [0.2, 0.25) is 0 Å². The molecule has 0 amide bonds. The van der Waals surface area contributed by atoms with Gasteiger partial charge in [0, 0.05) is 25.2 Å². The van der Waals surface area contributed by atoms with Crippen LogP contribution < -0.4 is 0 Å². The number of piperazine rings is 1. The fourth-order valence-electron chi connectivity index (χ4n) is 1.72. The Balaban J connectivity index is 2.47. The largest absolute Gasteiger partial charge is 0.468 e. The third kappa shape index (κ3) is 2.69. The Morgan fingerprint density at radius 2 is 2.07 bits per heavy atom. The predicted molar refractivity (Wildman–Crippen MR) is 55.2 cm³/mol. The van der Waals surface area contributed by atoms with Crippen LogP contribution in [0.4, 0.5) is 0 Å². The number of carbonyl (C=O) groups excluding carboxylic acids is 1. The maximum absolute atomic E-state index is 11.1. The average Bonchev–Trinajstić information content (AvgIpc) is 2.11. The molecule has 0 atom stereocenters. The highest BCUT2D eigenvalue weighted by Crippen LogP contribution is 2.18. The monoisotopic (exact) mass is 200 g/mol. The van der Waals surface area contributed by atoms with E-state index in [1.54, 1.807) is 0 Å². The van der Waals surface area contributed by atoms with Crippen molar-refractivity contribution in [2.45, 2.75) is 19.4 Å². The van der Waals surface area contributed by atoms with E-state index < -0.39 is 0 Å². The van der Waals surface area contributed by atoms with Gasteiger partial charge in [-0.15, -0.1) is 0 Å². The Bertz CT molecular complexity index is 216. The lowest BCUT2D eigenvalue weighted by Crippen LogP contribution is -2.58. The lowest BCUT2D eigenvalue weighted by atomic mass is 10.00. The van der Waals surface area contributed by atoms with E-state index in [1.807, 2.05) is 0 Å². The minimum atomic E-state index is -0.148. The van der Waals surface area contributed by atoms with Gasteiger partial charge in [0.25, 0.3) is 0 Å². The molecule has 4 heteroatoms. The van der Waals surface area contributed by atoms with Crippen molar-refractivity contribution in [3.05, 3.63) is 0 Å². The van der Waals surface area contributed by atoms with Gasteiger partial charge in [-0.3, -0.25) is 14.6 Å². The molecule has 0 bridgehead atoms. The molecule has 0 radical (unpaired) electrons. The Hall–Kier alpha value is -0.610. The van der Waals surface area contributed by atoms with Crippen LogP contribution in [0.1, 0.15) is 13.8 Å². The molecule has 0 aromatic rings. The average molecular weight is 200 g/mol. The zero-order chi connectivity index (χ0) is 10.8. The van der Waals surface area contributed by atoms with Crippen molar-refractivity contribution in [3.8, 4) is 0 Å². The summed E-state index contributed by atoms with van der Waals surface area (Å²) >= 11 is 0. The van der Waals surface area contributed by atoms with Gasteiger partial charge in [-0.2, -0.15) is 0 Å². The molecule has 0 unspecified atom stereocenters. The molecule has 1 heterocycles. The summed E-state index contributed by atoms with van der Waals surface area (Å²) in [5, 5.41) is 0. The van der Waals surface area contributed by atoms with Crippen molar-refractivity contribution >= 4 is 5.97 Å². The summed E-state index contributed by atoms with van der Waals surface area (Å²) in [6.45, 7) is 7.65. The number of likely N-dealkylation sites (N-methyl/N-ethyl adjacent to an activating group) is 1. The number of carbonyl (C=O) groups is 1. The van der Waals surface area contributed by atoms with Crippen LogP contribution in [0.15, 0.2) is 0 Å². The molecule has 82 valence electrons. The van der Waals surface area contributed by atoms with Gasteiger partial charge in [-0.05, 0) is 20.9 Å². The van der Waals surface area contributed by atoms with Crippen molar-refractivity contribution in [1.82, 2.24) is 9.80 Å². The molecule has 14 heavy (non-hydrogen) atoms. The van der Waals surface area contributed by atoms with Crippen LogP contribution in [0.25, 0.3) is 0 Å². The van der Waals surface area contributed by atoms with Crippen LogP contribution in [0.2, 0.25) is 0 Å². The van der Waals surface area contributed by atoms with E-state index in [-0.39, 0.29) is 11.5 Å². The summed E-state index contributed by atoms with van der Waals surface area (Å²) in [6.07, 6.45) is 0. The SMILES string of the molecule is COC(=O)CN1CCN(C)C(C)(C)C1. The fourth-order valence-corrected chi connectivity index (χ4v) is 1.72. The number of methoxy groups -OCH3 is 1. The summed E-state index contributed by atoms with van der Waals surface area (Å²) in [5.74, 6) is -0.148. The zero-order valence-electron chi connectivity index (χ0n) is 9.54. The molecule has 4 nitrogen and oxygen atoms in total. The molecule has 1 fully saturated rings. The third-order valence-electron chi connectivity index (χ3n) is 2.98. The van der Waals surface area contributed by atoms with Crippen molar-refractivity contribution in [2.75, 3.05) is 40.3 Å². The first kappa shape index (κ1) is 11.5. The summed E-state index contributed by atoms with van der Waals surface area (Å²) in [4.78, 5) is 15.6. The lowest BCUT2D eigenvalue weighted by molar-refractivity contribution is -0.143. The molecule has 0 spiro atoms. The quantitative estimate of drug-likeness (QED) is 0.596. The Labute approximate surface area is 85.8 Å². The highest BCUT2D eigenvalue weighted by atomic mass is 16.5. The van der Waals surface area contributed by atoms with Gasteiger partial charge in [0.15, 0.2) is 0 Å². The van der Waals surface area contributed by atoms with E-state index in [2.05, 4.69) is 35.4 Å². The number of ether oxygens (including phenoxy) is 1. The molecule has 1 saturated heterocycles. The second-order valence-electron chi connectivity index (χ2n) is 4.52. The van der Waals surface area contributed by atoms with Crippen LogP contribution in [-0.2, 0) is 9.53 Å². The van der Waals surface area contributed by atoms with Crippen LogP contribution in [0.3, 0.4) is 0 Å². The van der Waals surface area contributed by atoms with E-state index in [9.17, 15) is 4.79 Å². The fraction of sp³-hybridized carbons (Fsp3) is 0.900. The lowest BCUT2D eigenvalue weighted by Gasteiger charge is -2.44. The van der Waals surface area contributed by atoms with Crippen LogP contribution >= 0.6 is 0 Å². The molecule has 0 aromatic heterocycles. The maximum atomic E-state index is 11.1. The third-order valence-corrected chi connectivity index (χ3v) is 2.98. The van der Waals surface area contributed by atoms with E-state index in [1.165, 1.54) is 7.11 Å². The molecule has 0 saturated carbocycles. The van der Waals surface area contributed by atoms with E-state index >= 15 is 0 Å². The van der Waals surface area contributed by atoms with E-state index in [0.29, 0.717) is 6.54 Å². The second kappa shape index (κ2) is 4.28. The first-order chi connectivity index (χ1) is 6.45. The van der Waals surface area contributed by atoms with Crippen LogP contribution in [0.5, 0.6) is 0 Å². The highest BCUT2D eigenvalue weighted by molar-refractivity contribution is 5.71. The highest BCUT2D eigenvalue weighted by Gasteiger charge is 2.31. The van der Waals surface area contributed by atoms with Gasteiger partial charge in [-0.25, -0.2) is 0 Å². The Morgan fingerprint density at radius 3 is 2.57 bits per heavy atom. The summed E-state index contributed by atoms with van der Waals surface area (Å²) < 4.78 is 4.65. The summed E-state index contributed by atoms with van der Waals surface area (Å²) in [6, 6.07) is 0. The first-order valence-corrected chi connectivity index (χ1v) is 4.96. The number of hydrogen-bond donors (Lipinski definition) is 0. The van der Waals surface area contributed by atoms with Crippen LogP contribution in [0, 0.1) is 0 Å². The standard InChI is InChI=1S/C10H20N2O2/c1-10(2)8-12(6-5-11(10)3)7-9(13)14-4/h5-8H2,1-4H3. The topological polar surface area (TPSA) is 32.8 Å². The van der Waals surface area contributed by atoms with Crippen molar-refractivity contribution in [1.29, 1.82) is 0 Å². The number of hydrogen-bond acceptors (Lipinski definition) is 4. The van der Waals surface area contributed by atoms with Crippen molar-refractivity contribution in [3.63, 3.8) is 0 Å². The Morgan fingerprint density at radius 1 is 1.43 bits per heavy atom. The van der Waals surface area contributed by atoms with Crippen molar-refractivity contribution in [2.24, 2.45) is 0 Å². The van der Waals surface area contributed by atoms with E-state index in [0.717, 1.165) is 19.6 Å². The van der Waals surface area contributed by atoms with E-state index in [4.69, 9.17) is 0 Å². The Kier molecular flexibility index (Phi) is 3.50. The molecular weight excluding hydrogens is 180 g/mol. The molecule has 0 aromatic carbocycles. The molecule has 0 aliphatic carbocycles. The molecule has 1 aliphatic heterocycles. The maximum Gasteiger partial charge on any atom is 0.319 e. The minimum absolute atomic E-state index is 0.145. The van der Waals surface area contributed by atoms with Crippen LogP contribution in [-0.4, -0.2) is 61.6 Å². The molecule has 1 aliphatic rings. The normalized spacial score (nSPS) is 23.4. The van der Waals surface area contributed by atoms with Gasteiger partial charge in [0.05, 0.1) is 13.7 Å². The van der Waals surface area contributed by atoms with Crippen molar-refractivity contribution < 1.29 is 9.53 Å². The molecular formula is C10H20N2O2. The number of esters is 1. The van der Waals surface area contributed by atoms with Gasteiger partial charge >= 0.3 is 5.97 Å². The zero-order valence-corrected chi connectivity index (χ0v) is 9.54. The first-order valence-electron chi connectivity index (χ1n) is 4.96. The smallest absolute Gasteiger partial charge is 0.319 e. The summed E-state index contributed by atoms with van der Waals surface area (Å²) in [7, 11) is 3.55.